The number of hydrogen-bond donors (Lipinski definition) is 2. The molecule has 3 N–H and O–H groups in total. The van der Waals surface area contributed by atoms with E-state index in [-0.39, 0.29) is 0 Å². The smallest absolute Gasteiger partial charge is 0.124 e. The normalized spacial score (nSPS) is 11.4. The van der Waals surface area contributed by atoms with Crippen LogP contribution >= 0.6 is 15.9 Å². The van der Waals surface area contributed by atoms with Crippen molar-refractivity contribution in [1.29, 1.82) is 0 Å². The zero-order valence-electron chi connectivity index (χ0n) is 8.71. The molecule has 3 rings (SSSR count). The minimum absolute atomic E-state index is 0.561. The predicted octanol–water partition coefficient (Wildman–Crippen LogP) is 3.37. The molecule has 0 spiro atoms. The van der Waals surface area contributed by atoms with E-state index in [9.17, 15) is 0 Å². The Bertz CT molecular complexity index is 700. The molecule has 0 unspecified atom stereocenters. The molecule has 3 nitrogen and oxygen atoms in total. The minimum Gasteiger partial charge on any atom is -0.384 e. The number of aromatic amines is 1. The van der Waals surface area contributed by atoms with Gasteiger partial charge < -0.3 is 10.7 Å². The van der Waals surface area contributed by atoms with Gasteiger partial charge in [0.25, 0.3) is 0 Å². The van der Waals surface area contributed by atoms with E-state index in [1.807, 2.05) is 19.1 Å². The van der Waals surface area contributed by atoms with Gasteiger partial charge in [-0.05, 0) is 31.2 Å². The van der Waals surface area contributed by atoms with Gasteiger partial charge in [-0.25, -0.2) is 4.98 Å². The number of nitrogen functional groups attached to an aromatic ring is 1. The number of halogens is 1. The second-order valence-corrected chi connectivity index (χ2v) is 4.79. The minimum atomic E-state index is 0.561. The highest BCUT2D eigenvalue weighted by Crippen LogP contribution is 2.29. The molecule has 2 heterocycles. The molecule has 1 aromatic carbocycles. The molecule has 16 heavy (non-hydrogen) atoms. The molecular formula is C12H10BrN3. The number of aryl methyl sites for hydroxylation is 1. The maximum atomic E-state index is 5.78. The Morgan fingerprint density at radius 1 is 1.25 bits per heavy atom. The number of nitrogens with two attached hydrogens (primary N) is 1. The summed E-state index contributed by atoms with van der Waals surface area (Å²) in [6, 6.07) is 8.07. The molecule has 0 saturated heterocycles. The summed E-state index contributed by atoms with van der Waals surface area (Å²) in [5.74, 6) is 0.561. The highest BCUT2D eigenvalue weighted by atomic mass is 79.9. The molecule has 0 radical (unpaired) electrons. The maximum absolute atomic E-state index is 5.78. The topological polar surface area (TPSA) is 54.7 Å². The average Bonchev–Trinajstić information content (AvgIpc) is 2.57. The Morgan fingerprint density at radius 3 is 2.88 bits per heavy atom. The van der Waals surface area contributed by atoms with Crippen molar-refractivity contribution in [3.8, 4) is 0 Å². The summed E-state index contributed by atoms with van der Waals surface area (Å²) in [7, 11) is 0. The zero-order valence-corrected chi connectivity index (χ0v) is 10.3. The Labute approximate surface area is 101 Å². The van der Waals surface area contributed by atoms with Gasteiger partial charge in [0, 0.05) is 20.8 Å². The van der Waals surface area contributed by atoms with Gasteiger partial charge in [0.2, 0.25) is 0 Å². The van der Waals surface area contributed by atoms with E-state index in [1.54, 1.807) is 0 Å². The second kappa shape index (κ2) is 3.22. The van der Waals surface area contributed by atoms with Gasteiger partial charge >= 0.3 is 0 Å². The van der Waals surface area contributed by atoms with Gasteiger partial charge in [-0.2, -0.15) is 0 Å². The molecule has 0 aliphatic rings. The van der Waals surface area contributed by atoms with Crippen LogP contribution in [0.3, 0.4) is 0 Å². The Hall–Kier alpha value is -1.55. The second-order valence-electron chi connectivity index (χ2n) is 3.87. The van der Waals surface area contributed by atoms with E-state index >= 15 is 0 Å². The molecule has 0 saturated carbocycles. The van der Waals surface area contributed by atoms with Crippen molar-refractivity contribution in [3.63, 3.8) is 0 Å². The number of rotatable bonds is 0. The Kier molecular flexibility index (Phi) is 1.94. The third-order valence-corrected chi connectivity index (χ3v) is 3.24. The van der Waals surface area contributed by atoms with E-state index in [0.717, 1.165) is 26.6 Å². The maximum Gasteiger partial charge on any atom is 0.124 e. The summed E-state index contributed by atoms with van der Waals surface area (Å²) < 4.78 is 1.06. The summed E-state index contributed by atoms with van der Waals surface area (Å²) >= 11 is 3.48. The van der Waals surface area contributed by atoms with Gasteiger partial charge in [-0.1, -0.05) is 15.9 Å². The van der Waals surface area contributed by atoms with Gasteiger partial charge in [-0.3, -0.25) is 0 Å². The largest absolute Gasteiger partial charge is 0.384 e. The van der Waals surface area contributed by atoms with Crippen LogP contribution in [0.1, 0.15) is 5.69 Å². The van der Waals surface area contributed by atoms with E-state index in [1.165, 1.54) is 5.39 Å². The van der Waals surface area contributed by atoms with Crippen molar-refractivity contribution in [2.24, 2.45) is 0 Å². The van der Waals surface area contributed by atoms with Crippen LogP contribution in [0.25, 0.3) is 21.8 Å². The molecule has 0 bridgehead atoms. The Morgan fingerprint density at radius 2 is 2.06 bits per heavy atom. The van der Waals surface area contributed by atoms with Crippen molar-refractivity contribution in [3.05, 3.63) is 34.4 Å². The first-order chi connectivity index (χ1) is 7.65. The number of aromatic nitrogens is 2. The first-order valence-corrected chi connectivity index (χ1v) is 5.78. The highest BCUT2D eigenvalue weighted by Gasteiger charge is 2.08. The van der Waals surface area contributed by atoms with E-state index in [2.05, 4.69) is 38.0 Å². The number of fused-ring (bicyclic) bond motifs is 3. The molecule has 0 amide bonds. The van der Waals surface area contributed by atoms with Crippen LogP contribution in [0.15, 0.2) is 28.7 Å². The fourth-order valence-corrected chi connectivity index (χ4v) is 2.41. The number of hydrogen-bond acceptors (Lipinski definition) is 2. The van der Waals surface area contributed by atoms with Gasteiger partial charge in [0.15, 0.2) is 0 Å². The van der Waals surface area contributed by atoms with E-state index in [4.69, 9.17) is 5.73 Å². The SMILES string of the molecule is Cc1nc(N)cc2c1[nH]c1ccc(Br)cc12. The lowest BCUT2D eigenvalue weighted by atomic mass is 10.1. The van der Waals surface area contributed by atoms with Crippen molar-refractivity contribution >= 4 is 43.6 Å². The standard InChI is InChI=1S/C12H10BrN3/c1-6-12-9(5-11(14)15-6)8-4-7(13)2-3-10(8)16-12/h2-5,16H,1H3,(H2,14,15). The van der Waals surface area contributed by atoms with E-state index < -0.39 is 0 Å². The van der Waals surface area contributed by atoms with Crippen molar-refractivity contribution in [2.75, 3.05) is 5.73 Å². The van der Waals surface area contributed by atoms with Crippen LogP contribution in [0.5, 0.6) is 0 Å². The highest BCUT2D eigenvalue weighted by molar-refractivity contribution is 9.10. The fraction of sp³-hybridized carbons (Fsp3) is 0.0833. The zero-order chi connectivity index (χ0) is 11.3. The molecule has 2 aromatic heterocycles. The van der Waals surface area contributed by atoms with Crippen LogP contribution in [0, 0.1) is 6.92 Å². The first-order valence-electron chi connectivity index (χ1n) is 4.99. The summed E-state index contributed by atoms with van der Waals surface area (Å²) in [5, 5.41) is 2.29. The van der Waals surface area contributed by atoms with Crippen LogP contribution in [0.4, 0.5) is 5.82 Å². The first kappa shape index (κ1) is 9.66. The molecule has 80 valence electrons. The molecule has 0 fully saturated rings. The van der Waals surface area contributed by atoms with E-state index in [0.29, 0.717) is 5.82 Å². The lowest BCUT2D eigenvalue weighted by Gasteiger charge is -1.97. The van der Waals surface area contributed by atoms with Crippen LogP contribution < -0.4 is 5.73 Å². The number of pyridine rings is 1. The third kappa shape index (κ3) is 1.30. The Balaban J connectivity index is 2.57. The summed E-state index contributed by atoms with van der Waals surface area (Å²) in [6.07, 6.45) is 0. The number of nitrogens with zero attached hydrogens (tertiary/aromatic N) is 1. The number of benzene rings is 1. The fourth-order valence-electron chi connectivity index (χ4n) is 2.05. The molecule has 4 heteroatoms. The van der Waals surface area contributed by atoms with Crippen LogP contribution in [0.2, 0.25) is 0 Å². The van der Waals surface area contributed by atoms with Gasteiger partial charge in [0.05, 0.1) is 11.2 Å². The van der Waals surface area contributed by atoms with Gasteiger partial charge in [0.1, 0.15) is 5.82 Å². The monoisotopic (exact) mass is 275 g/mol. The predicted molar refractivity (Wildman–Crippen MR) is 70.4 cm³/mol. The number of H-pyrrole nitrogens is 1. The molecular weight excluding hydrogens is 266 g/mol. The van der Waals surface area contributed by atoms with Crippen LogP contribution in [-0.4, -0.2) is 9.97 Å². The van der Waals surface area contributed by atoms with Crippen molar-refractivity contribution < 1.29 is 0 Å². The molecule has 0 aliphatic carbocycles. The van der Waals surface area contributed by atoms with Crippen molar-refractivity contribution in [1.82, 2.24) is 9.97 Å². The summed E-state index contributed by atoms with van der Waals surface area (Å²) in [6.45, 7) is 1.96. The average molecular weight is 276 g/mol. The summed E-state index contributed by atoms with van der Waals surface area (Å²) in [4.78, 5) is 7.62. The lowest BCUT2D eigenvalue weighted by molar-refractivity contribution is 1.23. The lowest BCUT2D eigenvalue weighted by Crippen LogP contribution is -1.92. The van der Waals surface area contributed by atoms with Crippen molar-refractivity contribution in [2.45, 2.75) is 6.92 Å². The third-order valence-electron chi connectivity index (χ3n) is 2.75. The number of nitrogens with one attached hydrogen (secondary N) is 1. The molecule has 3 aromatic rings. The number of anilines is 1. The molecule has 0 aliphatic heterocycles. The quantitative estimate of drug-likeness (QED) is 0.661. The van der Waals surface area contributed by atoms with Gasteiger partial charge in [-0.15, -0.1) is 0 Å². The molecule has 0 atom stereocenters. The van der Waals surface area contributed by atoms with Crippen LogP contribution in [-0.2, 0) is 0 Å². The summed E-state index contributed by atoms with van der Waals surface area (Å²) in [5.41, 5.74) is 8.87.